The van der Waals surface area contributed by atoms with Crippen LogP contribution < -0.4 is 0 Å². The zero-order valence-electron chi connectivity index (χ0n) is 12.7. The highest BCUT2D eigenvalue weighted by Gasteiger charge is 2.39. The van der Waals surface area contributed by atoms with Crippen molar-refractivity contribution in [2.75, 3.05) is 19.8 Å². The van der Waals surface area contributed by atoms with Crippen molar-refractivity contribution in [1.82, 2.24) is 0 Å². The molecule has 0 atom stereocenters. The second kappa shape index (κ2) is 6.06. The van der Waals surface area contributed by atoms with Gasteiger partial charge in [-0.15, -0.1) is 0 Å². The third-order valence-corrected chi connectivity index (χ3v) is 3.58. The van der Waals surface area contributed by atoms with Crippen LogP contribution in [0.5, 0.6) is 0 Å². The molecule has 0 aliphatic carbocycles. The zero-order chi connectivity index (χ0) is 14.7. The summed E-state index contributed by atoms with van der Waals surface area (Å²) < 4.78 is 16.8. The molecule has 1 fully saturated rings. The molecule has 0 aromatic carbocycles. The fourth-order valence-corrected chi connectivity index (χ4v) is 1.74. The van der Waals surface area contributed by atoms with Crippen molar-refractivity contribution in [3.63, 3.8) is 0 Å². The molecule has 0 N–H and O–H groups in total. The van der Waals surface area contributed by atoms with Crippen LogP contribution in [-0.2, 0) is 19.0 Å². The molecule has 19 heavy (non-hydrogen) atoms. The van der Waals surface area contributed by atoms with E-state index in [9.17, 15) is 4.79 Å². The van der Waals surface area contributed by atoms with E-state index in [0.29, 0.717) is 18.8 Å². The number of rotatable bonds is 5. The molecule has 1 heterocycles. The Morgan fingerprint density at radius 3 is 2.37 bits per heavy atom. The summed E-state index contributed by atoms with van der Waals surface area (Å²) in [6.45, 7) is 15.0. The minimum Gasteiger partial charge on any atom is -0.462 e. The first-order valence-corrected chi connectivity index (χ1v) is 6.76. The lowest BCUT2D eigenvalue weighted by molar-refractivity contribution is -0.272. The third kappa shape index (κ3) is 4.32. The van der Waals surface area contributed by atoms with Crippen LogP contribution in [0.4, 0.5) is 0 Å². The maximum Gasteiger partial charge on any atom is 0.333 e. The number of esters is 1. The normalized spacial score (nSPS) is 27.9. The molecule has 0 saturated carbocycles. The Kier molecular flexibility index (Phi) is 5.16. The van der Waals surface area contributed by atoms with E-state index < -0.39 is 0 Å². The second-order valence-electron chi connectivity index (χ2n) is 6.46. The molecule has 0 aromatic heterocycles. The molecule has 110 valence electrons. The first kappa shape index (κ1) is 16.2. The van der Waals surface area contributed by atoms with Crippen LogP contribution in [-0.4, -0.2) is 32.1 Å². The van der Waals surface area contributed by atoms with E-state index in [1.807, 2.05) is 13.8 Å². The number of carbonyl (C=O) groups excluding carboxylic acids is 1. The van der Waals surface area contributed by atoms with Gasteiger partial charge in [0.05, 0.1) is 13.2 Å². The van der Waals surface area contributed by atoms with Crippen LogP contribution in [0.3, 0.4) is 0 Å². The first-order chi connectivity index (χ1) is 8.70. The monoisotopic (exact) mass is 270 g/mol. The largest absolute Gasteiger partial charge is 0.462 e. The highest BCUT2D eigenvalue weighted by Crippen LogP contribution is 2.34. The van der Waals surface area contributed by atoms with Crippen molar-refractivity contribution in [3.05, 3.63) is 12.2 Å². The van der Waals surface area contributed by atoms with Crippen molar-refractivity contribution in [1.29, 1.82) is 0 Å². The summed E-state index contributed by atoms with van der Waals surface area (Å²) in [6, 6.07) is 0. The van der Waals surface area contributed by atoms with Gasteiger partial charge in [-0.25, -0.2) is 4.79 Å². The van der Waals surface area contributed by atoms with E-state index in [2.05, 4.69) is 20.4 Å². The number of hydrogen-bond acceptors (Lipinski definition) is 4. The molecular weight excluding hydrogens is 244 g/mol. The van der Waals surface area contributed by atoms with Gasteiger partial charge in [-0.1, -0.05) is 34.3 Å². The molecule has 1 aliphatic heterocycles. The van der Waals surface area contributed by atoms with Crippen LogP contribution in [0.1, 0.15) is 41.0 Å². The standard InChI is InChI=1S/C15H26O4/c1-7-15(6)9-18-13(19-10-15)14(4,5)8-17-12(16)11(2)3/h13H,2,7-10H2,1,3-6H3. The SMILES string of the molecule is C=C(C)C(=O)OCC(C)(C)C1OCC(C)(CC)CO1. The molecule has 1 aliphatic rings. The minimum atomic E-state index is -0.375. The van der Waals surface area contributed by atoms with Gasteiger partial charge in [-0.3, -0.25) is 0 Å². The van der Waals surface area contributed by atoms with Crippen LogP contribution >= 0.6 is 0 Å². The maximum absolute atomic E-state index is 11.4. The number of carbonyl (C=O) groups is 1. The molecule has 4 nitrogen and oxygen atoms in total. The van der Waals surface area contributed by atoms with Gasteiger partial charge in [0.25, 0.3) is 0 Å². The van der Waals surface area contributed by atoms with E-state index in [1.165, 1.54) is 0 Å². The van der Waals surface area contributed by atoms with Crippen molar-refractivity contribution >= 4 is 5.97 Å². The average Bonchev–Trinajstić information content (AvgIpc) is 2.36. The summed E-state index contributed by atoms with van der Waals surface area (Å²) >= 11 is 0. The Hall–Kier alpha value is -0.870. The molecular formula is C15H26O4. The lowest BCUT2D eigenvalue weighted by Gasteiger charge is -2.42. The van der Waals surface area contributed by atoms with Crippen LogP contribution in [0.2, 0.25) is 0 Å². The van der Waals surface area contributed by atoms with Crippen molar-refractivity contribution in [3.8, 4) is 0 Å². The van der Waals surface area contributed by atoms with Gasteiger partial charge in [0.1, 0.15) is 6.61 Å². The molecule has 1 rings (SSSR count). The Balaban J connectivity index is 2.50. The number of ether oxygens (including phenoxy) is 3. The third-order valence-electron chi connectivity index (χ3n) is 3.58. The lowest BCUT2D eigenvalue weighted by atomic mass is 9.87. The highest BCUT2D eigenvalue weighted by atomic mass is 16.7. The van der Waals surface area contributed by atoms with Gasteiger partial charge in [-0.05, 0) is 13.3 Å². The molecule has 4 heteroatoms. The second-order valence-corrected chi connectivity index (χ2v) is 6.46. The summed E-state index contributed by atoms with van der Waals surface area (Å²) in [5.41, 5.74) is 0.112. The van der Waals surface area contributed by atoms with Gasteiger partial charge < -0.3 is 14.2 Å². The Morgan fingerprint density at radius 1 is 1.42 bits per heavy atom. The average molecular weight is 270 g/mol. The molecule has 0 spiro atoms. The quantitative estimate of drug-likeness (QED) is 0.569. The van der Waals surface area contributed by atoms with E-state index in [4.69, 9.17) is 14.2 Å². The van der Waals surface area contributed by atoms with Crippen molar-refractivity contribution in [2.45, 2.75) is 47.3 Å². The molecule has 0 radical (unpaired) electrons. The van der Waals surface area contributed by atoms with E-state index in [-0.39, 0.29) is 29.7 Å². The van der Waals surface area contributed by atoms with Crippen LogP contribution in [0.15, 0.2) is 12.2 Å². The lowest BCUT2D eigenvalue weighted by Crippen LogP contribution is -2.47. The maximum atomic E-state index is 11.4. The molecule has 0 amide bonds. The zero-order valence-corrected chi connectivity index (χ0v) is 12.7. The van der Waals surface area contributed by atoms with Gasteiger partial charge in [0.2, 0.25) is 0 Å². The van der Waals surface area contributed by atoms with Gasteiger partial charge in [0.15, 0.2) is 6.29 Å². The van der Waals surface area contributed by atoms with Crippen LogP contribution in [0.25, 0.3) is 0 Å². The van der Waals surface area contributed by atoms with Crippen molar-refractivity contribution < 1.29 is 19.0 Å². The first-order valence-electron chi connectivity index (χ1n) is 6.76. The predicted molar refractivity (Wildman–Crippen MR) is 73.6 cm³/mol. The summed E-state index contributed by atoms with van der Waals surface area (Å²) in [4.78, 5) is 11.4. The van der Waals surface area contributed by atoms with E-state index >= 15 is 0 Å². The summed E-state index contributed by atoms with van der Waals surface area (Å²) in [7, 11) is 0. The van der Waals surface area contributed by atoms with E-state index in [0.717, 1.165) is 6.42 Å². The molecule has 0 unspecified atom stereocenters. The Bertz CT molecular complexity index is 338. The number of hydrogen-bond donors (Lipinski definition) is 0. The highest BCUT2D eigenvalue weighted by molar-refractivity contribution is 5.86. The molecule has 0 aromatic rings. The molecule has 0 bridgehead atoms. The van der Waals surface area contributed by atoms with Gasteiger partial charge in [-0.2, -0.15) is 0 Å². The summed E-state index contributed by atoms with van der Waals surface area (Å²) in [5.74, 6) is -0.373. The fourth-order valence-electron chi connectivity index (χ4n) is 1.74. The Morgan fingerprint density at radius 2 is 1.95 bits per heavy atom. The van der Waals surface area contributed by atoms with Crippen molar-refractivity contribution in [2.24, 2.45) is 10.8 Å². The van der Waals surface area contributed by atoms with Gasteiger partial charge in [0, 0.05) is 16.4 Å². The van der Waals surface area contributed by atoms with E-state index in [1.54, 1.807) is 6.92 Å². The smallest absolute Gasteiger partial charge is 0.333 e. The summed E-state index contributed by atoms with van der Waals surface area (Å²) in [6.07, 6.45) is 0.676. The van der Waals surface area contributed by atoms with Crippen LogP contribution in [0, 0.1) is 10.8 Å². The fraction of sp³-hybridized carbons (Fsp3) is 0.800. The topological polar surface area (TPSA) is 44.8 Å². The van der Waals surface area contributed by atoms with Gasteiger partial charge >= 0.3 is 5.97 Å². The predicted octanol–water partition coefficient (Wildman–Crippen LogP) is 2.92. The molecule has 1 saturated heterocycles. The Labute approximate surface area is 116 Å². The summed E-state index contributed by atoms with van der Waals surface area (Å²) in [5, 5.41) is 0. The minimum absolute atomic E-state index is 0.0843.